The van der Waals surface area contributed by atoms with Crippen molar-refractivity contribution in [3.63, 3.8) is 0 Å². The van der Waals surface area contributed by atoms with Crippen molar-refractivity contribution < 1.29 is 4.74 Å². The Balaban J connectivity index is 1.62. The first-order valence-corrected chi connectivity index (χ1v) is 6.32. The van der Waals surface area contributed by atoms with E-state index in [1.54, 1.807) is 0 Å². The predicted molar refractivity (Wildman–Crippen MR) is 64.2 cm³/mol. The molecule has 3 rings (SSSR count). The molecule has 1 saturated carbocycles. The molecule has 2 fully saturated rings. The average molecular weight is 217 g/mol. The summed E-state index contributed by atoms with van der Waals surface area (Å²) in [6.45, 7) is 1.05. The molecule has 2 heteroatoms. The molecule has 1 atom stereocenters. The summed E-state index contributed by atoms with van der Waals surface area (Å²) in [5, 5.41) is 3.52. The molecule has 0 aromatic heterocycles. The third-order valence-electron chi connectivity index (χ3n) is 3.82. The normalized spacial score (nSPS) is 27.6. The SMILES string of the molecule is c1ccc(CC2NCC3(CCCC3)O2)cc1. The zero-order valence-electron chi connectivity index (χ0n) is 9.61. The van der Waals surface area contributed by atoms with Crippen molar-refractivity contribution in [3.8, 4) is 0 Å². The predicted octanol–water partition coefficient (Wildman–Crippen LogP) is 2.49. The van der Waals surface area contributed by atoms with E-state index >= 15 is 0 Å². The summed E-state index contributed by atoms with van der Waals surface area (Å²) >= 11 is 0. The van der Waals surface area contributed by atoms with Gasteiger partial charge in [0.25, 0.3) is 0 Å². The van der Waals surface area contributed by atoms with Gasteiger partial charge in [0.05, 0.1) is 5.60 Å². The number of hydrogen-bond acceptors (Lipinski definition) is 2. The van der Waals surface area contributed by atoms with Gasteiger partial charge >= 0.3 is 0 Å². The monoisotopic (exact) mass is 217 g/mol. The second-order valence-electron chi connectivity index (χ2n) is 5.07. The van der Waals surface area contributed by atoms with Gasteiger partial charge in [-0.25, -0.2) is 0 Å². The van der Waals surface area contributed by atoms with E-state index < -0.39 is 0 Å². The smallest absolute Gasteiger partial charge is 0.113 e. The minimum Gasteiger partial charge on any atom is -0.355 e. The van der Waals surface area contributed by atoms with Gasteiger partial charge in [0, 0.05) is 13.0 Å². The Morgan fingerprint density at radius 2 is 1.94 bits per heavy atom. The van der Waals surface area contributed by atoms with Crippen molar-refractivity contribution in [2.75, 3.05) is 6.54 Å². The van der Waals surface area contributed by atoms with Gasteiger partial charge in [-0.3, -0.25) is 5.32 Å². The summed E-state index contributed by atoms with van der Waals surface area (Å²) in [6.07, 6.45) is 6.36. The number of ether oxygens (including phenoxy) is 1. The van der Waals surface area contributed by atoms with Crippen molar-refractivity contribution in [1.82, 2.24) is 5.32 Å². The molecule has 1 aliphatic carbocycles. The average Bonchev–Trinajstić information content (AvgIpc) is 2.92. The van der Waals surface area contributed by atoms with E-state index in [0.29, 0.717) is 0 Å². The number of hydrogen-bond donors (Lipinski definition) is 1. The van der Waals surface area contributed by atoms with Crippen LogP contribution in [0.4, 0.5) is 0 Å². The van der Waals surface area contributed by atoms with E-state index in [4.69, 9.17) is 4.74 Å². The van der Waals surface area contributed by atoms with Crippen LogP contribution in [0, 0.1) is 0 Å². The molecule has 2 nitrogen and oxygen atoms in total. The van der Waals surface area contributed by atoms with Crippen LogP contribution in [0.1, 0.15) is 31.2 Å². The molecular formula is C14H19NO. The highest BCUT2D eigenvalue weighted by Gasteiger charge is 2.41. The summed E-state index contributed by atoms with van der Waals surface area (Å²) in [4.78, 5) is 0. The first-order valence-electron chi connectivity index (χ1n) is 6.32. The van der Waals surface area contributed by atoms with Crippen molar-refractivity contribution in [3.05, 3.63) is 35.9 Å². The van der Waals surface area contributed by atoms with E-state index in [-0.39, 0.29) is 11.8 Å². The zero-order chi connectivity index (χ0) is 10.8. The highest BCUT2D eigenvalue weighted by Crippen LogP contribution is 2.36. The van der Waals surface area contributed by atoms with Gasteiger partial charge < -0.3 is 4.74 Å². The summed E-state index contributed by atoms with van der Waals surface area (Å²) in [5.74, 6) is 0. The molecule has 1 aromatic rings. The van der Waals surface area contributed by atoms with Crippen LogP contribution in [-0.2, 0) is 11.2 Å². The standard InChI is InChI=1S/C14H19NO/c1-2-6-12(7-3-1)10-13-15-11-14(16-13)8-4-5-9-14/h1-3,6-7,13,15H,4-5,8-11H2. The Hall–Kier alpha value is -0.860. The van der Waals surface area contributed by atoms with Crippen molar-refractivity contribution >= 4 is 0 Å². The fourth-order valence-electron chi connectivity index (χ4n) is 2.94. The van der Waals surface area contributed by atoms with Crippen LogP contribution in [0.5, 0.6) is 0 Å². The summed E-state index contributed by atoms with van der Waals surface area (Å²) in [7, 11) is 0. The van der Waals surface area contributed by atoms with Crippen LogP contribution >= 0.6 is 0 Å². The van der Waals surface area contributed by atoms with Crippen LogP contribution in [0.15, 0.2) is 30.3 Å². The highest BCUT2D eigenvalue weighted by molar-refractivity contribution is 5.16. The Kier molecular flexibility index (Phi) is 2.70. The highest BCUT2D eigenvalue weighted by atomic mass is 16.5. The molecule has 0 bridgehead atoms. The van der Waals surface area contributed by atoms with E-state index in [1.165, 1.54) is 31.2 Å². The van der Waals surface area contributed by atoms with Gasteiger partial charge in [0.15, 0.2) is 0 Å². The Labute approximate surface area is 97.0 Å². The molecule has 0 radical (unpaired) electrons. The summed E-state index contributed by atoms with van der Waals surface area (Å²) in [6, 6.07) is 10.6. The third kappa shape index (κ3) is 2.00. The molecule has 1 N–H and O–H groups in total. The molecule has 1 saturated heterocycles. The largest absolute Gasteiger partial charge is 0.355 e. The van der Waals surface area contributed by atoms with E-state index in [2.05, 4.69) is 35.6 Å². The lowest BCUT2D eigenvalue weighted by Gasteiger charge is -2.22. The fraction of sp³-hybridized carbons (Fsp3) is 0.571. The maximum absolute atomic E-state index is 6.20. The summed E-state index contributed by atoms with van der Waals surface area (Å²) < 4.78 is 6.20. The van der Waals surface area contributed by atoms with Gasteiger partial charge in [0.1, 0.15) is 6.23 Å². The molecule has 1 unspecified atom stereocenters. The molecule has 1 spiro atoms. The van der Waals surface area contributed by atoms with Gasteiger partial charge in [-0.1, -0.05) is 43.2 Å². The third-order valence-corrected chi connectivity index (χ3v) is 3.82. The minimum atomic E-state index is 0.180. The second-order valence-corrected chi connectivity index (χ2v) is 5.07. The lowest BCUT2D eigenvalue weighted by molar-refractivity contribution is -0.0334. The first kappa shape index (κ1) is 10.3. The molecule has 1 aromatic carbocycles. The molecule has 1 aliphatic heterocycles. The van der Waals surface area contributed by atoms with Crippen LogP contribution in [0.2, 0.25) is 0 Å². The maximum atomic E-state index is 6.20. The maximum Gasteiger partial charge on any atom is 0.113 e. The summed E-state index contributed by atoms with van der Waals surface area (Å²) in [5.41, 5.74) is 1.54. The Bertz CT molecular complexity index is 343. The molecular weight excluding hydrogens is 198 g/mol. The van der Waals surface area contributed by atoms with Crippen LogP contribution < -0.4 is 5.32 Å². The first-order chi connectivity index (χ1) is 7.86. The molecule has 1 heterocycles. The molecule has 0 amide bonds. The van der Waals surface area contributed by atoms with Gasteiger partial charge in [-0.15, -0.1) is 0 Å². The Morgan fingerprint density at radius 1 is 1.19 bits per heavy atom. The fourth-order valence-corrected chi connectivity index (χ4v) is 2.94. The van der Waals surface area contributed by atoms with Crippen molar-refractivity contribution in [1.29, 1.82) is 0 Å². The van der Waals surface area contributed by atoms with E-state index in [9.17, 15) is 0 Å². The van der Waals surface area contributed by atoms with Crippen LogP contribution in [0.25, 0.3) is 0 Å². The Morgan fingerprint density at radius 3 is 2.69 bits per heavy atom. The van der Waals surface area contributed by atoms with Crippen LogP contribution in [-0.4, -0.2) is 18.4 Å². The van der Waals surface area contributed by atoms with Crippen LogP contribution in [0.3, 0.4) is 0 Å². The topological polar surface area (TPSA) is 21.3 Å². The van der Waals surface area contributed by atoms with Gasteiger partial charge in [0.2, 0.25) is 0 Å². The van der Waals surface area contributed by atoms with Gasteiger partial charge in [-0.05, 0) is 18.4 Å². The quantitative estimate of drug-likeness (QED) is 0.821. The van der Waals surface area contributed by atoms with Crippen molar-refractivity contribution in [2.24, 2.45) is 0 Å². The lowest BCUT2D eigenvalue weighted by Crippen LogP contribution is -2.28. The zero-order valence-corrected chi connectivity index (χ0v) is 9.61. The van der Waals surface area contributed by atoms with E-state index in [1.807, 2.05) is 0 Å². The van der Waals surface area contributed by atoms with E-state index in [0.717, 1.165) is 13.0 Å². The molecule has 2 aliphatic rings. The van der Waals surface area contributed by atoms with Gasteiger partial charge in [-0.2, -0.15) is 0 Å². The minimum absolute atomic E-state index is 0.180. The second kappa shape index (κ2) is 4.19. The number of benzene rings is 1. The number of nitrogens with one attached hydrogen (secondary N) is 1. The molecule has 16 heavy (non-hydrogen) atoms. The lowest BCUT2D eigenvalue weighted by atomic mass is 10.0. The van der Waals surface area contributed by atoms with Crippen molar-refractivity contribution in [2.45, 2.75) is 43.9 Å². The molecule has 86 valence electrons. The number of rotatable bonds is 2.